The van der Waals surface area contributed by atoms with Gasteiger partial charge >= 0.3 is 0 Å². The third kappa shape index (κ3) is 1.32. The van der Waals surface area contributed by atoms with E-state index in [2.05, 4.69) is 37.0 Å². The fourth-order valence-electron chi connectivity index (χ4n) is 2.05. The van der Waals surface area contributed by atoms with E-state index in [1.165, 1.54) is 27.7 Å². The molecule has 0 saturated carbocycles. The molecule has 1 aromatic carbocycles. The van der Waals surface area contributed by atoms with Crippen molar-refractivity contribution in [3.63, 3.8) is 0 Å². The first-order chi connectivity index (χ1) is 6.59. The van der Waals surface area contributed by atoms with Crippen molar-refractivity contribution < 1.29 is 0 Å². The lowest BCUT2D eigenvalue weighted by Gasteiger charge is -2.04. The second kappa shape index (κ2) is 3.14. The highest BCUT2D eigenvalue weighted by molar-refractivity contribution is 5.85. The van der Waals surface area contributed by atoms with E-state index in [4.69, 9.17) is 5.73 Å². The van der Waals surface area contributed by atoms with Gasteiger partial charge in [0, 0.05) is 22.6 Å². The lowest BCUT2D eigenvalue weighted by Crippen LogP contribution is -2.05. The molecule has 0 fully saturated rings. The van der Waals surface area contributed by atoms with E-state index in [9.17, 15) is 0 Å². The van der Waals surface area contributed by atoms with Crippen molar-refractivity contribution in [1.82, 2.24) is 4.98 Å². The number of aryl methyl sites for hydroxylation is 2. The molecule has 0 spiro atoms. The van der Waals surface area contributed by atoms with Gasteiger partial charge in [-0.1, -0.05) is 12.1 Å². The fourth-order valence-corrected chi connectivity index (χ4v) is 2.05. The van der Waals surface area contributed by atoms with Gasteiger partial charge in [-0.05, 0) is 38.0 Å². The highest BCUT2D eigenvalue weighted by Gasteiger charge is 2.11. The predicted molar refractivity (Wildman–Crippen MR) is 60.4 cm³/mol. The average molecular weight is 188 g/mol. The second-order valence-corrected chi connectivity index (χ2v) is 4.00. The Bertz CT molecular complexity index is 466. The maximum Gasteiger partial charge on any atom is 0.0462 e. The number of H-pyrrole nitrogens is 1. The van der Waals surface area contributed by atoms with E-state index in [1.54, 1.807) is 0 Å². The molecule has 1 atom stereocenters. The van der Waals surface area contributed by atoms with Gasteiger partial charge in [-0.3, -0.25) is 0 Å². The standard InChI is InChI=1S/C12H16N2/c1-7-4-5-10-11(6-7)14-9(3)12(10)8(2)13/h4-6,8,14H,13H2,1-3H3. The lowest BCUT2D eigenvalue weighted by atomic mass is 10.0. The van der Waals surface area contributed by atoms with E-state index >= 15 is 0 Å². The summed E-state index contributed by atoms with van der Waals surface area (Å²) in [6.07, 6.45) is 0. The van der Waals surface area contributed by atoms with E-state index < -0.39 is 0 Å². The van der Waals surface area contributed by atoms with Crippen LogP contribution in [0.3, 0.4) is 0 Å². The summed E-state index contributed by atoms with van der Waals surface area (Å²) in [5.74, 6) is 0. The zero-order valence-electron chi connectivity index (χ0n) is 8.89. The van der Waals surface area contributed by atoms with Gasteiger partial charge in [0.15, 0.2) is 0 Å². The second-order valence-electron chi connectivity index (χ2n) is 4.00. The van der Waals surface area contributed by atoms with Crippen molar-refractivity contribution in [2.75, 3.05) is 0 Å². The van der Waals surface area contributed by atoms with E-state index in [0.29, 0.717) is 0 Å². The molecule has 2 heteroatoms. The molecule has 1 heterocycles. The van der Waals surface area contributed by atoms with Crippen LogP contribution < -0.4 is 5.73 Å². The number of hydrogen-bond donors (Lipinski definition) is 2. The molecule has 1 unspecified atom stereocenters. The molecule has 0 aliphatic rings. The quantitative estimate of drug-likeness (QED) is 0.710. The molecule has 1 aromatic heterocycles. The molecule has 0 bridgehead atoms. The van der Waals surface area contributed by atoms with Gasteiger partial charge < -0.3 is 10.7 Å². The van der Waals surface area contributed by atoms with Gasteiger partial charge in [-0.15, -0.1) is 0 Å². The van der Waals surface area contributed by atoms with E-state index in [1.807, 2.05) is 6.92 Å². The Morgan fingerprint density at radius 2 is 2.00 bits per heavy atom. The number of rotatable bonds is 1. The molecule has 0 aliphatic heterocycles. The van der Waals surface area contributed by atoms with Crippen LogP contribution in [-0.4, -0.2) is 4.98 Å². The summed E-state index contributed by atoms with van der Waals surface area (Å²) in [6.45, 7) is 6.20. The Labute approximate surface area is 84.1 Å². The third-order valence-electron chi connectivity index (χ3n) is 2.65. The van der Waals surface area contributed by atoms with Crippen molar-refractivity contribution in [3.05, 3.63) is 35.0 Å². The first-order valence-corrected chi connectivity index (χ1v) is 4.94. The number of nitrogens with one attached hydrogen (secondary N) is 1. The molecular weight excluding hydrogens is 172 g/mol. The number of hydrogen-bond acceptors (Lipinski definition) is 1. The van der Waals surface area contributed by atoms with Crippen LogP contribution in [0, 0.1) is 13.8 Å². The van der Waals surface area contributed by atoms with Crippen LogP contribution in [0.15, 0.2) is 18.2 Å². The molecule has 2 aromatic rings. The van der Waals surface area contributed by atoms with Gasteiger partial charge in [-0.25, -0.2) is 0 Å². The molecule has 3 N–H and O–H groups in total. The minimum absolute atomic E-state index is 0.0893. The topological polar surface area (TPSA) is 41.8 Å². The summed E-state index contributed by atoms with van der Waals surface area (Å²) in [6, 6.07) is 6.52. The van der Waals surface area contributed by atoms with Crippen LogP contribution in [0.4, 0.5) is 0 Å². The molecule has 0 saturated heterocycles. The van der Waals surface area contributed by atoms with Crippen molar-refractivity contribution >= 4 is 10.9 Å². The molecule has 0 aliphatic carbocycles. The SMILES string of the molecule is Cc1ccc2c(C(C)N)c(C)[nH]c2c1. The summed E-state index contributed by atoms with van der Waals surface area (Å²) < 4.78 is 0. The van der Waals surface area contributed by atoms with Crippen molar-refractivity contribution in [2.24, 2.45) is 5.73 Å². The van der Waals surface area contributed by atoms with Crippen molar-refractivity contribution in [3.8, 4) is 0 Å². The molecule has 0 amide bonds. The Balaban J connectivity index is 2.77. The van der Waals surface area contributed by atoms with Crippen LogP contribution >= 0.6 is 0 Å². The maximum atomic E-state index is 5.94. The molecule has 14 heavy (non-hydrogen) atoms. The summed E-state index contributed by atoms with van der Waals surface area (Å²) in [7, 11) is 0. The predicted octanol–water partition coefficient (Wildman–Crippen LogP) is 2.80. The zero-order chi connectivity index (χ0) is 10.3. The molecular formula is C12H16N2. The van der Waals surface area contributed by atoms with Crippen LogP contribution in [0.25, 0.3) is 10.9 Å². The van der Waals surface area contributed by atoms with Crippen molar-refractivity contribution in [2.45, 2.75) is 26.8 Å². The smallest absolute Gasteiger partial charge is 0.0462 e. The van der Waals surface area contributed by atoms with Crippen molar-refractivity contribution in [1.29, 1.82) is 0 Å². The lowest BCUT2D eigenvalue weighted by molar-refractivity contribution is 0.817. The Kier molecular flexibility index (Phi) is 2.08. The average Bonchev–Trinajstić information content (AvgIpc) is 2.39. The Hall–Kier alpha value is -1.28. The fraction of sp³-hybridized carbons (Fsp3) is 0.333. The van der Waals surface area contributed by atoms with Gasteiger partial charge in [-0.2, -0.15) is 0 Å². The van der Waals surface area contributed by atoms with Gasteiger partial charge in [0.05, 0.1) is 0 Å². The number of aromatic nitrogens is 1. The zero-order valence-corrected chi connectivity index (χ0v) is 8.89. The van der Waals surface area contributed by atoms with Crippen LogP contribution in [-0.2, 0) is 0 Å². The highest BCUT2D eigenvalue weighted by Crippen LogP contribution is 2.26. The number of benzene rings is 1. The monoisotopic (exact) mass is 188 g/mol. The minimum atomic E-state index is 0.0893. The Morgan fingerprint density at radius 3 is 2.64 bits per heavy atom. The third-order valence-corrected chi connectivity index (χ3v) is 2.65. The van der Waals surface area contributed by atoms with Crippen LogP contribution in [0.2, 0.25) is 0 Å². The van der Waals surface area contributed by atoms with E-state index in [0.717, 1.165) is 0 Å². The summed E-state index contributed by atoms with van der Waals surface area (Å²) in [5.41, 5.74) is 10.8. The number of nitrogens with two attached hydrogens (primary N) is 1. The van der Waals surface area contributed by atoms with E-state index in [-0.39, 0.29) is 6.04 Å². The normalized spacial score (nSPS) is 13.4. The van der Waals surface area contributed by atoms with Gasteiger partial charge in [0.1, 0.15) is 0 Å². The number of aromatic amines is 1. The molecule has 0 radical (unpaired) electrons. The number of fused-ring (bicyclic) bond motifs is 1. The minimum Gasteiger partial charge on any atom is -0.358 e. The Morgan fingerprint density at radius 1 is 1.29 bits per heavy atom. The molecule has 2 nitrogen and oxygen atoms in total. The molecule has 74 valence electrons. The summed E-state index contributed by atoms with van der Waals surface area (Å²) >= 11 is 0. The highest BCUT2D eigenvalue weighted by atomic mass is 14.7. The van der Waals surface area contributed by atoms with Crippen LogP contribution in [0.5, 0.6) is 0 Å². The first-order valence-electron chi connectivity index (χ1n) is 4.94. The summed E-state index contributed by atoms with van der Waals surface area (Å²) in [4.78, 5) is 3.37. The summed E-state index contributed by atoms with van der Waals surface area (Å²) in [5, 5.41) is 1.25. The van der Waals surface area contributed by atoms with Gasteiger partial charge in [0.2, 0.25) is 0 Å². The van der Waals surface area contributed by atoms with Crippen LogP contribution in [0.1, 0.15) is 29.8 Å². The first kappa shape index (κ1) is 9.28. The van der Waals surface area contributed by atoms with Gasteiger partial charge in [0.25, 0.3) is 0 Å². The largest absolute Gasteiger partial charge is 0.358 e. The molecule has 2 rings (SSSR count). The maximum absolute atomic E-state index is 5.94.